The van der Waals surface area contributed by atoms with Gasteiger partial charge < -0.3 is 4.74 Å². The molecule has 0 spiro atoms. The molecule has 5 heteroatoms. The monoisotopic (exact) mass is 339 g/mol. The zero-order chi connectivity index (χ0) is 13.8. The number of esters is 1. The van der Waals surface area contributed by atoms with Gasteiger partial charge >= 0.3 is 5.97 Å². The first-order valence-corrected chi connectivity index (χ1v) is 7.70. The van der Waals surface area contributed by atoms with E-state index in [0.29, 0.717) is 11.5 Å². The highest BCUT2D eigenvalue weighted by atomic mass is 79.9. The Labute approximate surface area is 124 Å². The van der Waals surface area contributed by atoms with Gasteiger partial charge in [0.2, 0.25) is 0 Å². The topological polar surface area (TPSA) is 39.2 Å². The largest absolute Gasteiger partial charge is 0.462 e. The molecule has 100 valence electrons. The second-order valence-corrected chi connectivity index (χ2v) is 5.70. The first kappa shape index (κ1) is 14.2. The van der Waals surface area contributed by atoms with Crippen molar-refractivity contribution >= 4 is 33.2 Å². The molecule has 1 heterocycles. The quantitative estimate of drug-likeness (QED) is 0.779. The Morgan fingerprint density at radius 1 is 1.37 bits per heavy atom. The molecule has 0 saturated carbocycles. The average Bonchev–Trinajstić information content (AvgIpc) is 2.83. The van der Waals surface area contributed by atoms with Gasteiger partial charge in [0.25, 0.3) is 0 Å². The standard InChI is InChI=1S/C14H14BrNO2S/c1-3-11-12(14(17)18-4-2)19-13(16-11)9-7-5-6-8-10(9)15/h5-8H,3-4H2,1-2H3. The van der Waals surface area contributed by atoms with Crippen LogP contribution in [0.25, 0.3) is 10.6 Å². The molecular weight excluding hydrogens is 326 g/mol. The Morgan fingerprint density at radius 2 is 2.11 bits per heavy atom. The number of rotatable bonds is 4. The van der Waals surface area contributed by atoms with Gasteiger partial charge in [-0.3, -0.25) is 0 Å². The van der Waals surface area contributed by atoms with Crippen molar-refractivity contribution < 1.29 is 9.53 Å². The molecule has 0 aliphatic heterocycles. The normalized spacial score (nSPS) is 10.5. The second kappa shape index (κ2) is 6.30. The summed E-state index contributed by atoms with van der Waals surface area (Å²) in [6.45, 7) is 4.17. The van der Waals surface area contributed by atoms with E-state index in [0.717, 1.165) is 27.2 Å². The van der Waals surface area contributed by atoms with E-state index in [1.54, 1.807) is 6.92 Å². The minimum Gasteiger partial charge on any atom is -0.462 e. The third kappa shape index (κ3) is 3.04. The third-order valence-electron chi connectivity index (χ3n) is 2.60. The van der Waals surface area contributed by atoms with E-state index in [1.807, 2.05) is 31.2 Å². The lowest BCUT2D eigenvalue weighted by atomic mass is 10.2. The Balaban J connectivity index is 2.44. The number of aromatic nitrogens is 1. The summed E-state index contributed by atoms with van der Waals surface area (Å²) >= 11 is 4.89. The summed E-state index contributed by atoms with van der Waals surface area (Å²) in [5.74, 6) is -0.282. The molecule has 0 N–H and O–H groups in total. The molecule has 0 saturated heterocycles. The van der Waals surface area contributed by atoms with Crippen molar-refractivity contribution in [3.05, 3.63) is 39.3 Å². The number of carbonyl (C=O) groups excluding carboxylic acids is 1. The van der Waals surface area contributed by atoms with Crippen molar-refractivity contribution in [3.8, 4) is 10.6 Å². The van der Waals surface area contributed by atoms with E-state index in [-0.39, 0.29) is 5.97 Å². The van der Waals surface area contributed by atoms with Crippen LogP contribution in [0, 0.1) is 0 Å². The highest BCUT2D eigenvalue weighted by molar-refractivity contribution is 9.10. The molecule has 1 aromatic heterocycles. The van der Waals surface area contributed by atoms with Crippen molar-refractivity contribution in [2.24, 2.45) is 0 Å². The Morgan fingerprint density at radius 3 is 2.74 bits per heavy atom. The number of aryl methyl sites for hydroxylation is 1. The van der Waals surface area contributed by atoms with Crippen molar-refractivity contribution in [2.75, 3.05) is 6.61 Å². The van der Waals surface area contributed by atoms with E-state index in [2.05, 4.69) is 20.9 Å². The molecular formula is C14H14BrNO2S. The SMILES string of the molecule is CCOC(=O)c1sc(-c2ccccc2Br)nc1CC. The van der Waals surface area contributed by atoms with Crippen LogP contribution in [0.15, 0.2) is 28.7 Å². The van der Waals surface area contributed by atoms with Crippen molar-refractivity contribution in [2.45, 2.75) is 20.3 Å². The van der Waals surface area contributed by atoms with E-state index >= 15 is 0 Å². The average molecular weight is 340 g/mol. The molecule has 0 aliphatic carbocycles. The van der Waals surface area contributed by atoms with Gasteiger partial charge in [-0.2, -0.15) is 0 Å². The molecule has 3 nitrogen and oxygen atoms in total. The van der Waals surface area contributed by atoms with Gasteiger partial charge in [0.15, 0.2) is 0 Å². The summed E-state index contributed by atoms with van der Waals surface area (Å²) in [4.78, 5) is 17.0. The van der Waals surface area contributed by atoms with Gasteiger partial charge in [0.1, 0.15) is 9.88 Å². The van der Waals surface area contributed by atoms with Gasteiger partial charge in [0, 0.05) is 10.0 Å². The van der Waals surface area contributed by atoms with Crippen LogP contribution in [0.5, 0.6) is 0 Å². The van der Waals surface area contributed by atoms with Gasteiger partial charge in [0.05, 0.1) is 12.3 Å². The van der Waals surface area contributed by atoms with E-state index in [9.17, 15) is 4.79 Å². The van der Waals surface area contributed by atoms with Crippen LogP contribution >= 0.6 is 27.3 Å². The summed E-state index contributed by atoms with van der Waals surface area (Å²) in [6, 6.07) is 7.86. The number of benzene rings is 1. The highest BCUT2D eigenvalue weighted by Gasteiger charge is 2.19. The van der Waals surface area contributed by atoms with Crippen LogP contribution in [-0.2, 0) is 11.2 Å². The smallest absolute Gasteiger partial charge is 0.350 e. The van der Waals surface area contributed by atoms with Crippen molar-refractivity contribution in [1.82, 2.24) is 4.98 Å². The molecule has 0 bridgehead atoms. The number of hydrogen-bond donors (Lipinski definition) is 0. The predicted octanol–water partition coefficient (Wildman–Crippen LogP) is 4.31. The second-order valence-electron chi connectivity index (χ2n) is 3.85. The molecule has 0 fully saturated rings. The zero-order valence-electron chi connectivity index (χ0n) is 10.8. The Hall–Kier alpha value is -1.20. The molecule has 0 unspecified atom stereocenters. The first-order valence-electron chi connectivity index (χ1n) is 6.09. The van der Waals surface area contributed by atoms with E-state index in [1.165, 1.54) is 11.3 Å². The Bertz CT molecular complexity index is 595. The number of carbonyl (C=O) groups is 1. The summed E-state index contributed by atoms with van der Waals surface area (Å²) in [5.41, 5.74) is 1.80. The highest BCUT2D eigenvalue weighted by Crippen LogP contribution is 2.33. The molecule has 0 radical (unpaired) electrons. The first-order chi connectivity index (χ1) is 9.17. The van der Waals surface area contributed by atoms with Crippen LogP contribution in [0.1, 0.15) is 29.2 Å². The molecule has 19 heavy (non-hydrogen) atoms. The summed E-state index contributed by atoms with van der Waals surface area (Å²) in [5, 5.41) is 0.840. The van der Waals surface area contributed by atoms with Crippen molar-refractivity contribution in [1.29, 1.82) is 0 Å². The molecule has 0 aliphatic rings. The zero-order valence-corrected chi connectivity index (χ0v) is 13.2. The lowest BCUT2D eigenvalue weighted by molar-refractivity contribution is 0.0530. The lowest BCUT2D eigenvalue weighted by Gasteiger charge is -1.99. The fourth-order valence-corrected chi connectivity index (χ4v) is 3.39. The molecule has 0 atom stereocenters. The van der Waals surface area contributed by atoms with Crippen LogP contribution in [0.4, 0.5) is 0 Å². The van der Waals surface area contributed by atoms with E-state index < -0.39 is 0 Å². The third-order valence-corrected chi connectivity index (χ3v) is 4.40. The Kier molecular flexibility index (Phi) is 4.71. The maximum absolute atomic E-state index is 11.9. The number of ether oxygens (including phenoxy) is 1. The van der Waals surface area contributed by atoms with E-state index in [4.69, 9.17) is 4.74 Å². The fourth-order valence-electron chi connectivity index (χ4n) is 1.70. The van der Waals surface area contributed by atoms with Gasteiger partial charge in [-0.25, -0.2) is 9.78 Å². The lowest BCUT2D eigenvalue weighted by Crippen LogP contribution is -2.05. The maximum atomic E-state index is 11.9. The minimum absolute atomic E-state index is 0.282. The number of halogens is 1. The number of nitrogens with zero attached hydrogens (tertiary/aromatic N) is 1. The van der Waals surface area contributed by atoms with Gasteiger partial charge in [-0.05, 0) is 19.4 Å². The predicted molar refractivity (Wildman–Crippen MR) is 80.6 cm³/mol. The molecule has 2 aromatic rings. The molecule has 2 rings (SSSR count). The van der Waals surface area contributed by atoms with Crippen LogP contribution in [-0.4, -0.2) is 17.6 Å². The summed E-state index contributed by atoms with van der Waals surface area (Å²) in [6.07, 6.45) is 0.717. The fraction of sp³-hybridized carbons (Fsp3) is 0.286. The molecule has 0 amide bonds. The summed E-state index contributed by atoms with van der Waals surface area (Å²) in [7, 11) is 0. The van der Waals surface area contributed by atoms with Crippen LogP contribution < -0.4 is 0 Å². The van der Waals surface area contributed by atoms with Crippen LogP contribution in [0.3, 0.4) is 0 Å². The van der Waals surface area contributed by atoms with Crippen molar-refractivity contribution in [3.63, 3.8) is 0 Å². The van der Waals surface area contributed by atoms with Crippen LogP contribution in [0.2, 0.25) is 0 Å². The number of thiazole rings is 1. The maximum Gasteiger partial charge on any atom is 0.350 e. The minimum atomic E-state index is -0.282. The summed E-state index contributed by atoms with van der Waals surface area (Å²) < 4.78 is 6.04. The number of hydrogen-bond acceptors (Lipinski definition) is 4. The molecule has 1 aromatic carbocycles. The van der Waals surface area contributed by atoms with Gasteiger partial charge in [-0.15, -0.1) is 11.3 Å². The van der Waals surface area contributed by atoms with Gasteiger partial charge in [-0.1, -0.05) is 41.1 Å².